The van der Waals surface area contributed by atoms with E-state index in [2.05, 4.69) is 58.6 Å². The number of likely N-dealkylation sites (N-methyl/N-ethyl adjacent to an activating group) is 1. The lowest BCUT2D eigenvalue weighted by molar-refractivity contribution is 0.0897. The van der Waals surface area contributed by atoms with E-state index in [-0.39, 0.29) is 11.1 Å². The second-order valence-corrected chi connectivity index (χ2v) is 8.61. The molecule has 0 amide bonds. The third kappa shape index (κ3) is 4.72. The molecule has 1 unspecified atom stereocenters. The first kappa shape index (κ1) is 22.8. The Kier molecular flexibility index (Phi) is 6.97. The number of hydrogen-bond acceptors (Lipinski definition) is 6. The Morgan fingerprint density at radius 1 is 1.15 bits per heavy atom. The van der Waals surface area contributed by atoms with Crippen LogP contribution in [0, 0.1) is 11.3 Å². The summed E-state index contributed by atoms with van der Waals surface area (Å²) >= 11 is 0. The van der Waals surface area contributed by atoms with E-state index in [0.29, 0.717) is 24.0 Å². The van der Waals surface area contributed by atoms with Crippen molar-refractivity contribution in [2.75, 3.05) is 52.2 Å². The standard InChI is InChI=1S/C26H31N5O2/c1-29-14-15-31(24(18-29)19-8-5-4-6-9-19)13-7-12-28-25-21-16-20(33-3)10-11-23(21)30(2)26(32)22(25)17-27/h4-6,8-11,16,24,28H,7,12-15,18H2,1-3H3. The number of anilines is 1. The van der Waals surface area contributed by atoms with Crippen molar-refractivity contribution in [3.8, 4) is 11.8 Å². The molecule has 0 saturated carbocycles. The van der Waals surface area contributed by atoms with Gasteiger partial charge in [0.15, 0.2) is 0 Å². The van der Waals surface area contributed by atoms with Crippen LogP contribution in [-0.2, 0) is 7.05 Å². The number of aryl methyl sites for hydroxylation is 1. The van der Waals surface area contributed by atoms with E-state index in [1.165, 1.54) is 10.1 Å². The summed E-state index contributed by atoms with van der Waals surface area (Å²) < 4.78 is 6.90. The van der Waals surface area contributed by atoms with Gasteiger partial charge < -0.3 is 19.5 Å². The molecular weight excluding hydrogens is 414 g/mol. The highest BCUT2D eigenvalue weighted by Gasteiger charge is 2.26. The highest BCUT2D eigenvalue weighted by atomic mass is 16.5. The monoisotopic (exact) mass is 445 g/mol. The van der Waals surface area contributed by atoms with E-state index < -0.39 is 0 Å². The number of ether oxygens (including phenoxy) is 1. The largest absolute Gasteiger partial charge is 0.497 e. The molecule has 2 heterocycles. The number of nitrogens with zero attached hydrogens (tertiary/aromatic N) is 4. The first-order valence-corrected chi connectivity index (χ1v) is 11.4. The SMILES string of the molecule is COc1ccc2c(c1)c(NCCCN1CCN(C)CC1c1ccccc1)c(C#N)c(=O)n2C. The van der Waals surface area contributed by atoms with Crippen molar-refractivity contribution in [3.63, 3.8) is 0 Å². The van der Waals surface area contributed by atoms with Crippen LogP contribution in [0.2, 0.25) is 0 Å². The summed E-state index contributed by atoms with van der Waals surface area (Å²) in [7, 11) is 5.48. The molecule has 1 saturated heterocycles. The van der Waals surface area contributed by atoms with Gasteiger partial charge in [-0.15, -0.1) is 0 Å². The maximum Gasteiger partial charge on any atom is 0.270 e. The molecule has 4 rings (SSSR count). The Bertz CT molecular complexity index is 1220. The molecule has 7 heteroatoms. The van der Waals surface area contributed by atoms with Gasteiger partial charge in [-0.3, -0.25) is 9.69 Å². The zero-order valence-corrected chi connectivity index (χ0v) is 19.5. The molecule has 7 nitrogen and oxygen atoms in total. The molecule has 172 valence electrons. The highest BCUT2D eigenvalue weighted by molar-refractivity contribution is 5.95. The van der Waals surface area contributed by atoms with Crippen molar-refractivity contribution in [3.05, 3.63) is 70.0 Å². The summed E-state index contributed by atoms with van der Waals surface area (Å²) in [4.78, 5) is 17.7. The van der Waals surface area contributed by atoms with E-state index in [1.807, 2.05) is 18.2 Å². The lowest BCUT2D eigenvalue weighted by Gasteiger charge is -2.40. The Morgan fingerprint density at radius 3 is 2.67 bits per heavy atom. The van der Waals surface area contributed by atoms with Gasteiger partial charge in [0.25, 0.3) is 5.56 Å². The van der Waals surface area contributed by atoms with E-state index in [0.717, 1.165) is 43.5 Å². The Hall–Kier alpha value is -3.34. The summed E-state index contributed by atoms with van der Waals surface area (Å²) in [5, 5.41) is 13.9. The molecule has 1 fully saturated rings. The number of aromatic nitrogens is 1. The zero-order chi connectivity index (χ0) is 23.4. The van der Waals surface area contributed by atoms with Gasteiger partial charge >= 0.3 is 0 Å². The molecular formula is C26H31N5O2. The van der Waals surface area contributed by atoms with Gasteiger partial charge in [-0.1, -0.05) is 30.3 Å². The number of pyridine rings is 1. The van der Waals surface area contributed by atoms with Crippen LogP contribution >= 0.6 is 0 Å². The smallest absolute Gasteiger partial charge is 0.270 e. The van der Waals surface area contributed by atoms with Crippen molar-refractivity contribution in [2.24, 2.45) is 7.05 Å². The van der Waals surface area contributed by atoms with Gasteiger partial charge in [0.1, 0.15) is 17.4 Å². The maximum absolute atomic E-state index is 12.8. The van der Waals surface area contributed by atoms with E-state index in [1.54, 1.807) is 14.2 Å². The molecule has 1 N–H and O–H groups in total. The number of piperazine rings is 1. The average molecular weight is 446 g/mol. The molecule has 0 radical (unpaired) electrons. The fourth-order valence-electron chi connectivity index (χ4n) is 4.65. The predicted molar refractivity (Wildman–Crippen MR) is 132 cm³/mol. The molecule has 0 aliphatic carbocycles. The number of nitriles is 1. The molecule has 0 spiro atoms. The Morgan fingerprint density at radius 2 is 1.94 bits per heavy atom. The number of nitrogens with one attached hydrogen (secondary N) is 1. The Balaban J connectivity index is 1.51. The fourth-order valence-corrected chi connectivity index (χ4v) is 4.65. The molecule has 33 heavy (non-hydrogen) atoms. The number of fused-ring (bicyclic) bond motifs is 1. The topological polar surface area (TPSA) is 73.5 Å². The highest BCUT2D eigenvalue weighted by Crippen LogP contribution is 2.29. The predicted octanol–water partition coefficient (Wildman–Crippen LogP) is 3.21. The van der Waals surface area contributed by atoms with Crippen molar-refractivity contribution < 1.29 is 4.74 Å². The van der Waals surface area contributed by atoms with Crippen LogP contribution in [0.15, 0.2) is 53.3 Å². The quantitative estimate of drug-likeness (QED) is 0.563. The lowest BCUT2D eigenvalue weighted by atomic mass is 10.0. The first-order valence-electron chi connectivity index (χ1n) is 11.4. The first-order chi connectivity index (χ1) is 16.0. The molecule has 3 aromatic rings. The normalized spacial score (nSPS) is 17.1. The second kappa shape index (κ2) is 10.1. The minimum atomic E-state index is -0.291. The molecule has 1 atom stereocenters. The van der Waals surface area contributed by atoms with E-state index in [9.17, 15) is 10.1 Å². The van der Waals surface area contributed by atoms with Crippen LogP contribution in [0.25, 0.3) is 10.9 Å². The van der Waals surface area contributed by atoms with E-state index in [4.69, 9.17) is 4.74 Å². The molecule has 1 aliphatic rings. The summed E-state index contributed by atoms with van der Waals surface area (Å²) in [6, 6.07) is 18.7. The number of hydrogen-bond donors (Lipinski definition) is 1. The summed E-state index contributed by atoms with van der Waals surface area (Å²) in [5.41, 5.74) is 2.55. The van der Waals surface area contributed by atoms with Crippen molar-refractivity contribution in [1.82, 2.24) is 14.4 Å². The summed E-state index contributed by atoms with van der Waals surface area (Å²) in [6.45, 7) is 4.69. The van der Waals surface area contributed by atoms with Crippen LogP contribution in [0.3, 0.4) is 0 Å². The zero-order valence-electron chi connectivity index (χ0n) is 19.5. The lowest BCUT2D eigenvalue weighted by Crippen LogP contribution is -2.47. The molecule has 1 aliphatic heterocycles. The van der Waals surface area contributed by atoms with Gasteiger partial charge in [-0.25, -0.2) is 0 Å². The average Bonchev–Trinajstić information content (AvgIpc) is 2.85. The maximum atomic E-state index is 12.8. The van der Waals surface area contributed by atoms with Crippen LogP contribution in [-0.4, -0.2) is 61.2 Å². The van der Waals surface area contributed by atoms with Gasteiger partial charge in [0.2, 0.25) is 0 Å². The molecule has 2 aromatic carbocycles. The van der Waals surface area contributed by atoms with Crippen molar-refractivity contribution >= 4 is 16.6 Å². The number of rotatable bonds is 7. The molecule has 1 aromatic heterocycles. The second-order valence-electron chi connectivity index (χ2n) is 8.61. The van der Waals surface area contributed by atoms with Gasteiger partial charge in [-0.05, 0) is 37.2 Å². The summed E-state index contributed by atoms with van der Waals surface area (Å²) in [6.07, 6.45) is 0.901. The van der Waals surface area contributed by atoms with Crippen LogP contribution in [0.5, 0.6) is 5.75 Å². The van der Waals surface area contributed by atoms with Gasteiger partial charge in [0, 0.05) is 51.2 Å². The minimum absolute atomic E-state index is 0.139. The van der Waals surface area contributed by atoms with E-state index >= 15 is 0 Å². The number of methoxy groups -OCH3 is 1. The minimum Gasteiger partial charge on any atom is -0.497 e. The Labute approximate surface area is 194 Å². The van der Waals surface area contributed by atoms with Crippen LogP contribution in [0.4, 0.5) is 5.69 Å². The van der Waals surface area contributed by atoms with Crippen molar-refractivity contribution in [2.45, 2.75) is 12.5 Å². The van der Waals surface area contributed by atoms with Gasteiger partial charge in [-0.2, -0.15) is 5.26 Å². The third-order valence-electron chi connectivity index (χ3n) is 6.52. The van der Waals surface area contributed by atoms with Crippen LogP contribution < -0.4 is 15.6 Å². The van der Waals surface area contributed by atoms with Gasteiger partial charge in [0.05, 0.1) is 18.3 Å². The number of benzene rings is 2. The molecule has 0 bridgehead atoms. The fraction of sp³-hybridized carbons (Fsp3) is 0.385. The summed E-state index contributed by atoms with van der Waals surface area (Å²) in [5.74, 6) is 0.691. The van der Waals surface area contributed by atoms with Crippen LogP contribution in [0.1, 0.15) is 23.6 Å². The third-order valence-corrected chi connectivity index (χ3v) is 6.52. The van der Waals surface area contributed by atoms with Crippen molar-refractivity contribution in [1.29, 1.82) is 5.26 Å².